The summed E-state index contributed by atoms with van der Waals surface area (Å²) in [5, 5.41) is 0. The van der Waals surface area contributed by atoms with Crippen molar-refractivity contribution in [1.82, 2.24) is 0 Å². The first kappa shape index (κ1) is 26.3. The molecule has 0 N–H and O–H groups in total. The van der Waals surface area contributed by atoms with Crippen LogP contribution in [-0.4, -0.2) is 55.2 Å². The van der Waals surface area contributed by atoms with E-state index in [0.29, 0.717) is 0 Å². The first-order chi connectivity index (χ1) is 16.8. The van der Waals surface area contributed by atoms with Gasteiger partial charge in [-0.3, -0.25) is 14.4 Å². The first-order valence-corrected chi connectivity index (χ1v) is 11.3. The quantitative estimate of drug-likeness (QED) is 0.370. The molecule has 0 amide bonds. The van der Waals surface area contributed by atoms with E-state index in [0.717, 1.165) is 11.1 Å². The van der Waals surface area contributed by atoms with Gasteiger partial charge < -0.3 is 28.4 Å². The lowest BCUT2D eigenvalue weighted by Gasteiger charge is -2.44. The molecule has 1 aliphatic heterocycles. The Bertz CT molecular complexity index is 963. The molecule has 0 bridgehead atoms. The number of esters is 3. The fourth-order valence-electron chi connectivity index (χ4n) is 3.71. The summed E-state index contributed by atoms with van der Waals surface area (Å²) in [4.78, 5) is 35.3. The fourth-order valence-corrected chi connectivity index (χ4v) is 3.71. The molecule has 0 spiro atoms. The molecule has 1 aliphatic rings. The third-order valence-corrected chi connectivity index (χ3v) is 5.20. The van der Waals surface area contributed by atoms with Gasteiger partial charge in [0.05, 0.1) is 13.2 Å². The van der Waals surface area contributed by atoms with Crippen LogP contribution in [0.25, 0.3) is 0 Å². The summed E-state index contributed by atoms with van der Waals surface area (Å²) in [5.41, 5.74) is 1.77. The maximum absolute atomic E-state index is 12.0. The van der Waals surface area contributed by atoms with Gasteiger partial charge in [-0.2, -0.15) is 0 Å². The highest BCUT2D eigenvalue weighted by Gasteiger charge is 2.51. The lowest BCUT2D eigenvalue weighted by atomic mass is 9.98. The molecule has 0 aliphatic carbocycles. The molecule has 9 heteroatoms. The second kappa shape index (κ2) is 13.0. The lowest BCUT2D eigenvalue weighted by Crippen LogP contribution is -2.62. The van der Waals surface area contributed by atoms with E-state index < -0.39 is 48.6 Å². The van der Waals surface area contributed by atoms with E-state index in [-0.39, 0.29) is 19.8 Å². The van der Waals surface area contributed by atoms with Crippen molar-refractivity contribution in [3.05, 3.63) is 71.8 Å². The topological polar surface area (TPSA) is 107 Å². The molecule has 5 atom stereocenters. The van der Waals surface area contributed by atoms with E-state index >= 15 is 0 Å². The Morgan fingerprint density at radius 3 is 1.69 bits per heavy atom. The Labute approximate surface area is 204 Å². The Morgan fingerprint density at radius 2 is 1.20 bits per heavy atom. The molecule has 0 aromatic heterocycles. The zero-order valence-corrected chi connectivity index (χ0v) is 20.0. The molecule has 0 radical (unpaired) electrons. The Balaban J connectivity index is 1.92. The summed E-state index contributed by atoms with van der Waals surface area (Å²) in [6.07, 6.45) is -4.99. The SMILES string of the molecule is CC(=O)OC[C@H]1OC(OC(C)=O)[C@H](OC(C)=O)[C@@H](OCc2ccccc2)[C@@H]1OCc1ccccc1. The summed E-state index contributed by atoms with van der Waals surface area (Å²) in [6.45, 7) is 3.92. The van der Waals surface area contributed by atoms with Gasteiger partial charge in [0.15, 0.2) is 6.10 Å². The first-order valence-electron chi connectivity index (χ1n) is 11.3. The molecule has 1 fully saturated rings. The van der Waals surface area contributed by atoms with Crippen LogP contribution in [0.4, 0.5) is 0 Å². The number of hydrogen-bond donors (Lipinski definition) is 0. The highest BCUT2D eigenvalue weighted by atomic mass is 16.7. The molecule has 2 aromatic carbocycles. The fraction of sp³-hybridized carbons (Fsp3) is 0.423. The van der Waals surface area contributed by atoms with Crippen molar-refractivity contribution >= 4 is 17.9 Å². The van der Waals surface area contributed by atoms with Crippen LogP contribution >= 0.6 is 0 Å². The maximum Gasteiger partial charge on any atom is 0.305 e. The van der Waals surface area contributed by atoms with E-state index in [2.05, 4.69) is 0 Å². The lowest BCUT2D eigenvalue weighted by molar-refractivity contribution is -0.311. The Kier molecular flexibility index (Phi) is 9.77. The predicted octanol–water partition coefficient (Wildman–Crippen LogP) is 2.94. The third-order valence-electron chi connectivity index (χ3n) is 5.20. The monoisotopic (exact) mass is 486 g/mol. The van der Waals surface area contributed by atoms with Gasteiger partial charge in [-0.1, -0.05) is 60.7 Å². The molecule has 0 saturated carbocycles. The minimum Gasteiger partial charge on any atom is -0.463 e. The average molecular weight is 487 g/mol. The van der Waals surface area contributed by atoms with Crippen molar-refractivity contribution in [3.63, 3.8) is 0 Å². The molecule has 2 aromatic rings. The van der Waals surface area contributed by atoms with Gasteiger partial charge in [0, 0.05) is 20.8 Å². The summed E-state index contributed by atoms with van der Waals surface area (Å²) >= 11 is 0. The molecular formula is C26H30O9. The molecule has 1 heterocycles. The van der Waals surface area contributed by atoms with Crippen molar-refractivity contribution in [2.24, 2.45) is 0 Å². The number of ether oxygens (including phenoxy) is 6. The van der Waals surface area contributed by atoms with Crippen molar-refractivity contribution in [3.8, 4) is 0 Å². The largest absolute Gasteiger partial charge is 0.463 e. The van der Waals surface area contributed by atoms with E-state index in [4.69, 9.17) is 28.4 Å². The van der Waals surface area contributed by atoms with Gasteiger partial charge in [0.2, 0.25) is 6.29 Å². The number of rotatable bonds is 10. The van der Waals surface area contributed by atoms with Crippen LogP contribution in [0.1, 0.15) is 31.9 Å². The Morgan fingerprint density at radius 1 is 0.686 bits per heavy atom. The van der Waals surface area contributed by atoms with E-state index in [1.807, 2.05) is 60.7 Å². The van der Waals surface area contributed by atoms with E-state index in [1.165, 1.54) is 20.8 Å². The highest BCUT2D eigenvalue weighted by Crippen LogP contribution is 2.31. The molecule has 188 valence electrons. The van der Waals surface area contributed by atoms with Crippen LogP contribution in [0.5, 0.6) is 0 Å². The number of carbonyl (C=O) groups is 3. The molecule has 3 rings (SSSR count). The van der Waals surface area contributed by atoms with Gasteiger partial charge in [0.1, 0.15) is 24.9 Å². The summed E-state index contributed by atoms with van der Waals surface area (Å²) in [5.74, 6) is -1.75. The van der Waals surface area contributed by atoms with Gasteiger partial charge in [-0.15, -0.1) is 0 Å². The molecule has 35 heavy (non-hydrogen) atoms. The van der Waals surface area contributed by atoms with Gasteiger partial charge >= 0.3 is 17.9 Å². The standard InChI is InChI=1S/C26H30O9/c1-17(27)30-16-22-23(31-14-20-10-6-4-7-11-20)24(32-15-21-12-8-5-9-13-21)25(33-18(2)28)26(35-22)34-19(3)29/h4-13,22-26H,14-16H2,1-3H3/t22-,23-,24+,25-,26?/m1/s1. The number of carbonyl (C=O) groups excluding carboxylic acids is 3. The maximum atomic E-state index is 12.0. The van der Waals surface area contributed by atoms with Gasteiger partial charge in [-0.25, -0.2) is 0 Å². The van der Waals surface area contributed by atoms with Crippen molar-refractivity contribution in [2.75, 3.05) is 6.61 Å². The molecule has 1 unspecified atom stereocenters. The van der Waals surface area contributed by atoms with Gasteiger partial charge in [-0.05, 0) is 11.1 Å². The smallest absolute Gasteiger partial charge is 0.305 e. The van der Waals surface area contributed by atoms with Crippen LogP contribution in [0.15, 0.2) is 60.7 Å². The molecule has 9 nitrogen and oxygen atoms in total. The minimum atomic E-state index is -1.28. The second-order valence-corrected chi connectivity index (χ2v) is 8.05. The summed E-state index contributed by atoms with van der Waals surface area (Å²) < 4.78 is 34.4. The number of benzene rings is 2. The van der Waals surface area contributed by atoms with Crippen LogP contribution < -0.4 is 0 Å². The van der Waals surface area contributed by atoms with Crippen molar-refractivity contribution in [1.29, 1.82) is 0 Å². The summed E-state index contributed by atoms with van der Waals surface area (Å²) in [6, 6.07) is 18.9. The third kappa shape index (κ3) is 8.17. The Hall–Kier alpha value is -3.27. The molecular weight excluding hydrogens is 456 g/mol. The van der Waals surface area contributed by atoms with Crippen LogP contribution in [0.2, 0.25) is 0 Å². The highest BCUT2D eigenvalue weighted by molar-refractivity contribution is 5.67. The summed E-state index contributed by atoms with van der Waals surface area (Å²) in [7, 11) is 0. The van der Waals surface area contributed by atoms with E-state index in [1.54, 1.807) is 0 Å². The zero-order valence-electron chi connectivity index (χ0n) is 20.0. The average Bonchev–Trinajstić information content (AvgIpc) is 2.82. The minimum absolute atomic E-state index is 0.168. The van der Waals surface area contributed by atoms with Crippen LogP contribution in [0, 0.1) is 0 Å². The predicted molar refractivity (Wildman–Crippen MR) is 123 cm³/mol. The number of hydrogen-bond acceptors (Lipinski definition) is 9. The van der Waals surface area contributed by atoms with Crippen LogP contribution in [-0.2, 0) is 56.0 Å². The second-order valence-electron chi connectivity index (χ2n) is 8.05. The van der Waals surface area contributed by atoms with Crippen LogP contribution in [0.3, 0.4) is 0 Å². The van der Waals surface area contributed by atoms with Crippen molar-refractivity contribution in [2.45, 2.75) is 64.7 Å². The van der Waals surface area contributed by atoms with Crippen molar-refractivity contribution < 1.29 is 42.8 Å². The normalized spacial score (nSPS) is 23.8. The van der Waals surface area contributed by atoms with Gasteiger partial charge in [0.25, 0.3) is 0 Å². The zero-order chi connectivity index (χ0) is 25.2. The van der Waals surface area contributed by atoms with E-state index in [9.17, 15) is 14.4 Å². The molecule has 1 saturated heterocycles.